The van der Waals surface area contributed by atoms with E-state index in [1.54, 1.807) is 0 Å². The van der Waals surface area contributed by atoms with Crippen LogP contribution in [0.5, 0.6) is 0 Å². The third-order valence-electron chi connectivity index (χ3n) is 7.32. The Balaban J connectivity index is 0.00000124. The molecule has 0 bridgehead atoms. The molecule has 6 rings (SSSR count). The summed E-state index contributed by atoms with van der Waals surface area (Å²) < 4.78 is 1.49. The number of rotatable bonds is 3. The third kappa shape index (κ3) is 4.42. The molecule has 7 heteroatoms. The van der Waals surface area contributed by atoms with Crippen LogP contribution in [0.3, 0.4) is 0 Å². The molecule has 3 aliphatic rings. The molecule has 1 saturated heterocycles. The molecule has 0 amide bonds. The summed E-state index contributed by atoms with van der Waals surface area (Å²) in [5.74, 6) is 1.18. The van der Waals surface area contributed by atoms with Gasteiger partial charge in [0.05, 0.1) is 11.2 Å². The van der Waals surface area contributed by atoms with Crippen molar-refractivity contribution in [3.63, 3.8) is 0 Å². The number of fused-ring (bicyclic) bond motifs is 2. The standard InChI is InChI=1S/C26H29BN6.C2H6/c1-2-17-15-22-26(30-24(17)21-8-4-6-18-5-3-7-20(18)21)25(31-33(22)27)19-9-10-23(29-16-19)32-13-11-28-12-14-32;1-2/h4,6,8,15-16,28H,2-3,5,7,9-14H2,1H3;1-2H3. The molecule has 2 aliphatic heterocycles. The Morgan fingerprint density at radius 3 is 2.60 bits per heavy atom. The summed E-state index contributed by atoms with van der Waals surface area (Å²) >= 11 is 0. The summed E-state index contributed by atoms with van der Waals surface area (Å²) in [6, 6.07) is 8.85. The Labute approximate surface area is 210 Å². The van der Waals surface area contributed by atoms with Gasteiger partial charge in [-0.05, 0) is 54.9 Å². The van der Waals surface area contributed by atoms with Crippen LogP contribution in [0.4, 0.5) is 0 Å². The van der Waals surface area contributed by atoms with Crippen molar-refractivity contribution in [3.8, 4) is 11.3 Å². The first-order valence-electron chi connectivity index (χ1n) is 13.2. The monoisotopic (exact) mass is 466 g/mol. The zero-order valence-corrected chi connectivity index (χ0v) is 21.3. The number of piperazine rings is 1. The van der Waals surface area contributed by atoms with Crippen molar-refractivity contribution in [1.29, 1.82) is 0 Å². The average Bonchev–Trinajstić information content (AvgIpc) is 3.54. The molecule has 2 radical (unpaired) electrons. The molecule has 0 spiro atoms. The molecule has 180 valence electrons. The van der Waals surface area contributed by atoms with Crippen LogP contribution in [0.1, 0.15) is 62.4 Å². The lowest BCUT2D eigenvalue weighted by Gasteiger charge is -2.31. The fourth-order valence-corrected chi connectivity index (χ4v) is 5.53. The third-order valence-corrected chi connectivity index (χ3v) is 7.32. The van der Waals surface area contributed by atoms with E-state index < -0.39 is 0 Å². The maximum Gasteiger partial charge on any atom is 0.265 e. The lowest BCUT2D eigenvalue weighted by Crippen LogP contribution is -2.46. The summed E-state index contributed by atoms with van der Waals surface area (Å²) in [7, 11) is 6.32. The number of allylic oxidation sites excluding steroid dienone is 1. The normalized spacial score (nSPS) is 17.5. The molecule has 1 aromatic carbocycles. The number of aryl methyl sites for hydroxylation is 2. The first-order chi connectivity index (χ1) is 17.2. The van der Waals surface area contributed by atoms with Gasteiger partial charge < -0.3 is 14.8 Å². The fraction of sp³-hybridized carbons (Fsp3) is 0.464. The molecule has 1 N–H and O–H groups in total. The second-order valence-corrected chi connectivity index (χ2v) is 9.24. The highest BCUT2D eigenvalue weighted by Gasteiger charge is 2.23. The molecular weight excluding hydrogens is 431 g/mol. The Morgan fingerprint density at radius 1 is 1.03 bits per heavy atom. The van der Waals surface area contributed by atoms with Crippen molar-refractivity contribution >= 4 is 30.4 Å². The van der Waals surface area contributed by atoms with Crippen LogP contribution in [0, 0.1) is 0 Å². The maximum atomic E-state index is 6.32. The van der Waals surface area contributed by atoms with Gasteiger partial charge in [0, 0.05) is 49.9 Å². The van der Waals surface area contributed by atoms with Gasteiger partial charge in [0.15, 0.2) is 0 Å². The predicted molar refractivity (Wildman–Crippen MR) is 146 cm³/mol. The first kappa shape index (κ1) is 23.8. The van der Waals surface area contributed by atoms with Gasteiger partial charge in [-0.25, -0.2) is 9.98 Å². The van der Waals surface area contributed by atoms with Crippen LogP contribution in [0.2, 0.25) is 0 Å². The van der Waals surface area contributed by atoms with E-state index in [-0.39, 0.29) is 0 Å². The highest BCUT2D eigenvalue weighted by molar-refractivity contribution is 6.11. The zero-order chi connectivity index (χ0) is 24.4. The van der Waals surface area contributed by atoms with Crippen LogP contribution in [-0.4, -0.2) is 59.6 Å². The van der Waals surface area contributed by atoms with E-state index in [2.05, 4.69) is 41.4 Å². The van der Waals surface area contributed by atoms with Crippen molar-refractivity contribution in [2.75, 3.05) is 26.2 Å². The average molecular weight is 466 g/mol. The number of benzene rings is 1. The van der Waals surface area contributed by atoms with Crippen LogP contribution in [0.15, 0.2) is 35.5 Å². The number of pyridine rings is 1. The molecule has 35 heavy (non-hydrogen) atoms. The minimum Gasteiger partial charge on any atom is -0.358 e. The lowest BCUT2D eigenvalue weighted by atomic mass is 9.95. The molecular formula is C28H35BN6. The van der Waals surface area contributed by atoms with Gasteiger partial charge in [-0.3, -0.25) is 0 Å². The van der Waals surface area contributed by atoms with E-state index in [1.807, 2.05) is 20.0 Å². The summed E-state index contributed by atoms with van der Waals surface area (Å²) in [5.41, 5.74) is 10.3. The van der Waals surface area contributed by atoms with Gasteiger partial charge >= 0.3 is 0 Å². The van der Waals surface area contributed by atoms with Crippen LogP contribution in [0.25, 0.3) is 27.9 Å². The Kier molecular flexibility index (Phi) is 7.05. The largest absolute Gasteiger partial charge is 0.358 e. The molecule has 2 aromatic heterocycles. The minimum absolute atomic E-state index is 0.868. The van der Waals surface area contributed by atoms with Crippen molar-refractivity contribution in [3.05, 3.63) is 52.8 Å². The molecule has 0 unspecified atom stereocenters. The van der Waals surface area contributed by atoms with E-state index in [9.17, 15) is 0 Å². The second-order valence-electron chi connectivity index (χ2n) is 9.24. The van der Waals surface area contributed by atoms with Gasteiger partial charge in [0.25, 0.3) is 7.98 Å². The molecule has 3 aromatic rings. The lowest BCUT2D eigenvalue weighted by molar-refractivity contribution is 0.351. The summed E-state index contributed by atoms with van der Waals surface area (Å²) in [4.78, 5) is 12.4. The van der Waals surface area contributed by atoms with Crippen molar-refractivity contribution in [2.45, 2.75) is 59.3 Å². The van der Waals surface area contributed by atoms with Crippen LogP contribution >= 0.6 is 0 Å². The number of nitrogens with zero attached hydrogens (tertiary/aromatic N) is 5. The van der Waals surface area contributed by atoms with Gasteiger partial charge in [0.1, 0.15) is 17.0 Å². The smallest absolute Gasteiger partial charge is 0.265 e. The number of aromatic nitrogens is 3. The maximum absolute atomic E-state index is 6.32. The highest BCUT2D eigenvalue weighted by atomic mass is 15.2. The fourth-order valence-electron chi connectivity index (χ4n) is 5.53. The van der Waals surface area contributed by atoms with Crippen molar-refractivity contribution in [2.24, 2.45) is 4.99 Å². The van der Waals surface area contributed by atoms with E-state index in [0.29, 0.717) is 0 Å². The highest BCUT2D eigenvalue weighted by Crippen LogP contribution is 2.36. The summed E-state index contributed by atoms with van der Waals surface area (Å²) in [6.07, 6.45) is 8.24. The van der Waals surface area contributed by atoms with E-state index >= 15 is 0 Å². The molecule has 1 aliphatic carbocycles. The second kappa shape index (κ2) is 10.4. The number of hydrogen-bond acceptors (Lipinski definition) is 5. The number of hydrogen-bond donors (Lipinski definition) is 1. The van der Waals surface area contributed by atoms with Crippen molar-refractivity contribution in [1.82, 2.24) is 24.9 Å². The van der Waals surface area contributed by atoms with E-state index in [0.717, 1.165) is 79.9 Å². The summed E-state index contributed by atoms with van der Waals surface area (Å²) in [5, 5.41) is 8.11. The molecule has 0 saturated carbocycles. The van der Waals surface area contributed by atoms with Gasteiger partial charge in [-0.1, -0.05) is 39.0 Å². The number of aliphatic imine (C=N–C) groups is 1. The van der Waals surface area contributed by atoms with Crippen LogP contribution in [-0.2, 0) is 19.3 Å². The Bertz CT molecular complexity index is 1280. The number of amidine groups is 1. The minimum atomic E-state index is 0.868. The van der Waals surface area contributed by atoms with E-state index in [1.165, 1.54) is 45.5 Å². The van der Waals surface area contributed by atoms with Crippen molar-refractivity contribution < 1.29 is 0 Å². The summed E-state index contributed by atoms with van der Waals surface area (Å²) in [6.45, 7) is 10.3. The SMILES string of the molecule is CC.[B]n1nc(C2=CN=C(N3CCNCC3)CC2)c2nc(-c3cccc4c3CCC4)c(CC)cc21. The molecule has 6 nitrogen and oxygen atoms in total. The Hall–Kier alpha value is -2.93. The molecule has 4 heterocycles. The van der Waals surface area contributed by atoms with Crippen LogP contribution < -0.4 is 5.32 Å². The Morgan fingerprint density at radius 2 is 1.86 bits per heavy atom. The predicted octanol–water partition coefficient (Wildman–Crippen LogP) is 4.55. The molecule has 0 atom stereocenters. The van der Waals surface area contributed by atoms with Gasteiger partial charge in [-0.2, -0.15) is 5.10 Å². The van der Waals surface area contributed by atoms with Gasteiger partial charge in [-0.15, -0.1) is 0 Å². The quantitative estimate of drug-likeness (QED) is 0.576. The van der Waals surface area contributed by atoms with E-state index in [4.69, 9.17) is 23.1 Å². The number of nitrogens with one attached hydrogen (secondary N) is 1. The first-order valence-corrected chi connectivity index (χ1v) is 13.2. The van der Waals surface area contributed by atoms with Gasteiger partial charge in [0.2, 0.25) is 0 Å². The zero-order valence-electron chi connectivity index (χ0n) is 21.3. The molecule has 1 fully saturated rings. The topological polar surface area (TPSA) is 58.3 Å².